The summed E-state index contributed by atoms with van der Waals surface area (Å²) < 4.78 is 1.94. The number of carbonyl (C=O) groups excluding carboxylic acids is 2. The van der Waals surface area contributed by atoms with Gasteiger partial charge in [-0.1, -0.05) is 60.6 Å². The SMILES string of the molecule is CCc1ccc(C(=O)CSc2nnc(CCCNC(C)=O)n2-c2ccc(C)c(Cl)c2)cc1. The van der Waals surface area contributed by atoms with Crippen LogP contribution in [0, 0.1) is 6.92 Å². The van der Waals surface area contributed by atoms with Crippen LogP contribution in [0.25, 0.3) is 5.69 Å². The van der Waals surface area contributed by atoms with Crippen molar-refractivity contribution in [3.05, 3.63) is 70.0 Å². The molecule has 0 saturated heterocycles. The van der Waals surface area contributed by atoms with Crippen LogP contribution in [0.5, 0.6) is 0 Å². The highest BCUT2D eigenvalue weighted by molar-refractivity contribution is 7.99. The topological polar surface area (TPSA) is 76.9 Å². The largest absolute Gasteiger partial charge is 0.356 e. The third kappa shape index (κ3) is 6.20. The molecule has 3 aromatic rings. The van der Waals surface area contributed by atoms with Gasteiger partial charge in [-0.05, 0) is 43.0 Å². The monoisotopic (exact) mass is 470 g/mol. The van der Waals surface area contributed by atoms with E-state index in [-0.39, 0.29) is 17.4 Å². The van der Waals surface area contributed by atoms with Crippen LogP contribution in [0.4, 0.5) is 0 Å². The minimum atomic E-state index is -0.0569. The Balaban J connectivity index is 1.79. The maximum Gasteiger partial charge on any atom is 0.216 e. The van der Waals surface area contributed by atoms with Crippen molar-refractivity contribution in [1.82, 2.24) is 20.1 Å². The Bertz CT molecular complexity index is 1100. The number of Topliss-reactive ketones (excluding diaryl/α,β-unsaturated/α-hetero) is 1. The summed E-state index contributed by atoms with van der Waals surface area (Å²) in [6, 6.07) is 13.5. The molecular weight excluding hydrogens is 444 g/mol. The number of amides is 1. The van der Waals surface area contributed by atoms with Gasteiger partial charge in [0, 0.05) is 30.5 Å². The van der Waals surface area contributed by atoms with Crippen molar-refractivity contribution >= 4 is 35.1 Å². The highest BCUT2D eigenvalue weighted by atomic mass is 35.5. The van der Waals surface area contributed by atoms with E-state index in [1.165, 1.54) is 24.2 Å². The van der Waals surface area contributed by atoms with Crippen molar-refractivity contribution in [1.29, 1.82) is 0 Å². The predicted molar refractivity (Wildman–Crippen MR) is 129 cm³/mol. The van der Waals surface area contributed by atoms with Gasteiger partial charge in [0.05, 0.1) is 11.4 Å². The predicted octanol–water partition coefficient (Wildman–Crippen LogP) is 4.84. The lowest BCUT2D eigenvalue weighted by atomic mass is 10.1. The van der Waals surface area contributed by atoms with E-state index in [9.17, 15) is 9.59 Å². The number of carbonyl (C=O) groups is 2. The molecule has 0 spiro atoms. The summed E-state index contributed by atoms with van der Waals surface area (Å²) in [6.45, 7) is 6.10. The van der Waals surface area contributed by atoms with Gasteiger partial charge in [0.2, 0.25) is 5.91 Å². The molecule has 6 nitrogen and oxygen atoms in total. The number of aryl methyl sites for hydroxylation is 3. The molecule has 1 amide bonds. The number of thioether (sulfide) groups is 1. The van der Waals surface area contributed by atoms with E-state index in [0.29, 0.717) is 28.7 Å². The van der Waals surface area contributed by atoms with Crippen molar-refractivity contribution in [2.24, 2.45) is 0 Å². The van der Waals surface area contributed by atoms with Gasteiger partial charge in [0.15, 0.2) is 10.9 Å². The maximum atomic E-state index is 12.7. The van der Waals surface area contributed by atoms with Gasteiger partial charge < -0.3 is 5.32 Å². The fraction of sp³-hybridized carbons (Fsp3) is 0.333. The highest BCUT2D eigenvalue weighted by Crippen LogP contribution is 2.26. The number of hydrogen-bond acceptors (Lipinski definition) is 5. The van der Waals surface area contributed by atoms with Gasteiger partial charge in [-0.3, -0.25) is 14.2 Å². The van der Waals surface area contributed by atoms with E-state index < -0.39 is 0 Å². The molecule has 0 saturated carbocycles. The minimum absolute atomic E-state index is 0.0429. The molecule has 0 fully saturated rings. The zero-order chi connectivity index (χ0) is 23.1. The Hall–Kier alpha value is -2.64. The molecule has 0 bridgehead atoms. The lowest BCUT2D eigenvalue weighted by Gasteiger charge is -2.12. The standard InChI is InChI=1S/C24H27ClN4O2S/c1-4-18-8-10-19(11-9-18)22(31)15-32-24-28-27-23(6-5-13-26-17(3)30)29(24)20-12-7-16(2)21(25)14-20/h7-12,14H,4-6,13,15H2,1-3H3,(H,26,30). The summed E-state index contributed by atoms with van der Waals surface area (Å²) in [7, 11) is 0. The number of nitrogens with one attached hydrogen (secondary N) is 1. The van der Waals surface area contributed by atoms with Gasteiger partial charge >= 0.3 is 0 Å². The molecule has 0 radical (unpaired) electrons. The van der Waals surface area contributed by atoms with Gasteiger partial charge in [-0.15, -0.1) is 10.2 Å². The summed E-state index contributed by atoms with van der Waals surface area (Å²) in [5.41, 5.74) is 3.72. The smallest absolute Gasteiger partial charge is 0.216 e. The minimum Gasteiger partial charge on any atom is -0.356 e. The number of nitrogens with zero attached hydrogens (tertiary/aromatic N) is 3. The van der Waals surface area contributed by atoms with Crippen molar-refractivity contribution in [3.63, 3.8) is 0 Å². The van der Waals surface area contributed by atoms with E-state index in [2.05, 4.69) is 22.4 Å². The highest BCUT2D eigenvalue weighted by Gasteiger charge is 2.17. The number of hydrogen-bond donors (Lipinski definition) is 1. The van der Waals surface area contributed by atoms with E-state index >= 15 is 0 Å². The number of rotatable bonds is 10. The molecule has 1 N–H and O–H groups in total. The second kappa shape index (κ2) is 11.3. The molecule has 8 heteroatoms. The van der Waals surface area contributed by atoms with Gasteiger partial charge in [0.25, 0.3) is 0 Å². The molecule has 168 valence electrons. The van der Waals surface area contributed by atoms with E-state index in [1.54, 1.807) is 0 Å². The van der Waals surface area contributed by atoms with Crippen LogP contribution in [-0.4, -0.2) is 38.8 Å². The third-order valence-corrected chi connectivity index (χ3v) is 6.42. The van der Waals surface area contributed by atoms with Crippen molar-refractivity contribution in [2.75, 3.05) is 12.3 Å². The Morgan fingerprint density at radius 1 is 1.12 bits per heavy atom. The molecule has 0 aliphatic heterocycles. The summed E-state index contributed by atoms with van der Waals surface area (Å²) in [6.07, 6.45) is 2.30. The Labute approximate surface area is 197 Å². The maximum absolute atomic E-state index is 12.7. The van der Waals surface area contributed by atoms with Crippen LogP contribution in [-0.2, 0) is 17.6 Å². The van der Waals surface area contributed by atoms with Crippen LogP contribution in [0.2, 0.25) is 5.02 Å². The van der Waals surface area contributed by atoms with Crippen molar-refractivity contribution < 1.29 is 9.59 Å². The Kier molecular flexibility index (Phi) is 8.47. The van der Waals surface area contributed by atoms with Gasteiger partial charge in [-0.2, -0.15) is 0 Å². The molecule has 1 heterocycles. The fourth-order valence-corrected chi connectivity index (χ4v) is 4.23. The zero-order valence-corrected chi connectivity index (χ0v) is 20.1. The molecule has 0 aliphatic carbocycles. The van der Waals surface area contributed by atoms with Crippen LogP contribution >= 0.6 is 23.4 Å². The molecule has 32 heavy (non-hydrogen) atoms. The van der Waals surface area contributed by atoms with Gasteiger partial charge in [-0.25, -0.2) is 0 Å². The average molecular weight is 471 g/mol. The van der Waals surface area contributed by atoms with Crippen molar-refractivity contribution in [3.8, 4) is 5.69 Å². The van der Waals surface area contributed by atoms with Crippen LogP contribution < -0.4 is 5.32 Å². The second-order valence-electron chi connectivity index (χ2n) is 7.52. The molecule has 0 aliphatic rings. The molecule has 1 aromatic heterocycles. The Morgan fingerprint density at radius 2 is 1.88 bits per heavy atom. The number of halogens is 1. The summed E-state index contributed by atoms with van der Waals surface area (Å²) in [4.78, 5) is 23.8. The normalized spacial score (nSPS) is 10.9. The first kappa shape index (κ1) is 24.0. The van der Waals surface area contributed by atoms with Crippen LogP contribution in [0.1, 0.15) is 47.6 Å². The molecular formula is C24H27ClN4O2S. The fourth-order valence-electron chi connectivity index (χ4n) is 3.19. The van der Waals surface area contributed by atoms with Crippen LogP contribution in [0.3, 0.4) is 0 Å². The quantitative estimate of drug-likeness (QED) is 0.261. The number of ketones is 1. The first-order chi connectivity index (χ1) is 15.4. The van der Waals surface area contributed by atoms with E-state index in [1.807, 2.05) is 54.0 Å². The number of benzene rings is 2. The summed E-state index contributed by atoms with van der Waals surface area (Å²) in [5, 5.41) is 12.8. The molecule has 0 unspecified atom stereocenters. The first-order valence-corrected chi connectivity index (χ1v) is 12.0. The summed E-state index contributed by atoms with van der Waals surface area (Å²) in [5.74, 6) is 1.01. The van der Waals surface area contributed by atoms with Crippen molar-refractivity contribution in [2.45, 2.75) is 45.2 Å². The molecule has 0 atom stereocenters. The molecule has 2 aromatic carbocycles. The summed E-state index contributed by atoms with van der Waals surface area (Å²) >= 11 is 7.72. The first-order valence-electron chi connectivity index (χ1n) is 10.6. The van der Waals surface area contributed by atoms with E-state index in [4.69, 9.17) is 11.6 Å². The second-order valence-corrected chi connectivity index (χ2v) is 8.87. The Morgan fingerprint density at radius 3 is 2.53 bits per heavy atom. The number of aromatic nitrogens is 3. The van der Waals surface area contributed by atoms with Gasteiger partial charge in [0.1, 0.15) is 5.82 Å². The third-order valence-electron chi connectivity index (χ3n) is 5.08. The van der Waals surface area contributed by atoms with Crippen LogP contribution in [0.15, 0.2) is 47.6 Å². The zero-order valence-electron chi connectivity index (χ0n) is 18.5. The molecule has 3 rings (SSSR count). The average Bonchev–Trinajstić information content (AvgIpc) is 3.19. The lowest BCUT2D eigenvalue weighted by molar-refractivity contribution is -0.118. The van der Waals surface area contributed by atoms with E-state index in [0.717, 1.165) is 29.9 Å². The lowest BCUT2D eigenvalue weighted by Crippen LogP contribution is -2.21.